The first-order valence-corrected chi connectivity index (χ1v) is 15.7. The van der Waals surface area contributed by atoms with E-state index in [-0.39, 0.29) is 34.4 Å². The van der Waals surface area contributed by atoms with Crippen LogP contribution in [-0.2, 0) is 20.7 Å². The van der Waals surface area contributed by atoms with Crippen LogP contribution in [0.25, 0.3) is 0 Å². The van der Waals surface area contributed by atoms with Crippen LogP contribution in [0.15, 0.2) is 18.2 Å². The number of carbonyl (C=O) groups excluding carboxylic acids is 3. The van der Waals surface area contributed by atoms with E-state index in [0.29, 0.717) is 13.0 Å². The molecule has 256 valence electrons. The SMILES string of the molecule is C#C.C#C.CCC.CCCC.COc1cccc2c1C(=O)c1c(O)c3c(c(O)c1C2=O)C[C@@](O)(C(=O)CO)C[C@@H]3O[C@H]1CCCCO1. The number of aliphatic hydroxyl groups excluding tert-OH is 1. The minimum Gasteiger partial charge on any atom is -0.507 e. The van der Waals surface area contributed by atoms with E-state index in [9.17, 15) is 34.8 Å². The second-order valence-corrected chi connectivity index (χ2v) is 11.0. The van der Waals surface area contributed by atoms with Crippen LogP contribution in [0.1, 0.15) is 122 Å². The van der Waals surface area contributed by atoms with Gasteiger partial charge in [-0.1, -0.05) is 59.1 Å². The summed E-state index contributed by atoms with van der Waals surface area (Å²) < 4.78 is 16.9. The highest BCUT2D eigenvalue weighted by Crippen LogP contribution is 2.52. The van der Waals surface area contributed by atoms with Gasteiger partial charge in [0.05, 0.1) is 29.9 Å². The molecule has 1 fully saturated rings. The van der Waals surface area contributed by atoms with Crippen LogP contribution in [0.4, 0.5) is 0 Å². The molecule has 0 unspecified atom stereocenters. The van der Waals surface area contributed by atoms with Gasteiger partial charge in [0.25, 0.3) is 0 Å². The monoisotopic (exact) mass is 652 g/mol. The molecule has 0 radical (unpaired) electrons. The number of fused-ring (bicyclic) bond motifs is 3. The Balaban J connectivity index is 0.000000892. The molecular weight excluding hydrogens is 604 g/mol. The third-order valence-corrected chi connectivity index (χ3v) is 7.69. The highest BCUT2D eigenvalue weighted by molar-refractivity contribution is 6.31. The largest absolute Gasteiger partial charge is 0.507 e. The summed E-state index contributed by atoms with van der Waals surface area (Å²) in [4.78, 5) is 39.5. The summed E-state index contributed by atoms with van der Waals surface area (Å²) in [5.74, 6) is -3.41. The molecule has 2 aromatic carbocycles. The summed E-state index contributed by atoms with van der Waals surface area (Å²) in [5.41, 5.74) is -3.12. The van der Waals surface area contributed by atoms with Crippen LogP contribution in [-0.4, -0.2) is 70.0 Å². The van der Waals surface area contributed by atoms with Gasteiger partial charge in [0.2, 0.25) is 5.78 Å². The van der Waals surface area contributed by atoms with Gasteiger partial charge in [-0.15, -0.1) is 25.7 Å². The normalized spacial score (nSPS) is 20.3. The van der Waals surface area contributed by atoms with Crippen LogP contribution in [0.3, 0.4) is 0 Å². The zero-order valence-electron chi connectivity index (χ0n) is 28.0. The predicted octanol–water partition coefficient (Wildman–Crippen LogP) is 5.43. The van der Waals surface area contributed by atoms with Crippen LogP contribution < -0.4 is 4.74 Å². The summed E-state index contributed by atoms with van der Waals surface area (Å²) in [6.45, 7) is 8.09. The Labute approximate surface area is 278 Å². The molecule has 4 N–H and O–H groups in total. The number of terminal acetylenes is 2. The van der Waals surface area contributed by atoms with Gasteiger partial charge in [-0.2, -0.15) is 0 Å². The number of hydrogen-bond acceptors (Lipinski definition) is 10. The predicted molar refractivity (Wildman–Crippen MR) is 179 cm³/mol. The van der Waals surface area contributed by atoms with E-state index in [1.165, 1.54) is 44.6 Å². The van der Waals surface area contributed by atoms with Crippen molar-refractivity contribution in [2.24, 2.45) is 0 Å². The summed E-state index contributed by atoms with van der Waals surface area (Å²) in [6, 6.07) is 4.45. The Hall–Kier alpha value is -4.19. The number of ether oxygens (including phenoxy) is 3. The Bertz CT molecular complexity index is 1410. The molecule has 0 saturated carbocycles. The second-order valence-electron chi connectivity index (χ2n) is 11.0. The van der Waals surface area contributed by atoms with Crippen molar-refractivity contribution in [2.75, 3.05) is 20.3 Å². The first-order valence-electron chi connectivity index (χ1n) is 15.7. The van der Waals surface area contributed by atoms with Crippen LogP contribution in [0.2, 0.25) is 0 Å². The number of phenols is 2. The third-order valence-electron chi connectivity index (χ3n) is 7.69. The van der Waals surface area contributed by atoms with Crippen molar-refractivity contribution < 1.29 is 49.0 Å². The fraction of sp³-hybridized carbons (Fsp3) is 0.486. The zero-order chi connectivity index (χ0) is 35.9. The van der Waals surface area contributed by atoms with E-state index in [1.807, 2.05) is 0 Å². The van der Waals surface area contributed by atoms with Gasteiger partial charge in [-0.3, -0.25) is 14.4 Å². The number of aromatic hydroxyl groups is 2. The molecule has 3 atom stereocenters. The van der Waals surface area contributed by atoms with E-state index >= 15 is 0 Å². The molecule has 1 aliphatic heterocycles. The molecule has 2 aliphatic carbocycles. The number of methoxy groups -OCH3 is 1. The number of phenolic OH excluding ortho intramolecular Hbond substituents is 2. The first kappa shape index (κ1) is 40.8. The average molecular weight is 653 g/mol. The van der Waals surface area contributed by atoms with Gasteiger partial charge in [0, 0.05) is 36.1 Å². The maximum absolute atomic E-state index is 13.6. The molecule has 0 bridgehead atoms. The number of Topliss-reactive ketones (excluding diaryl/α,β-unsaturated/α-hetero) is 1. The molecule has 47 heavy (non-hydrogen) atoms. The number of carbonyl (C=O) groups is 3. The Kier molecular flexibility index (Phi) is 16.9. The van der Waals surface area contributed by atoms with E-state index in [2.05, 4.69) is 53.4 Å². The lowest BCUT2D eigenvalue weighted by Gasteiger charge is -2.40. The number of rotatable bonds is 6. The molecule has 5 rings (SSSR count). The van der Waals surface area contributed by atoms with E-state index < -0.39 is 71.0 Å². The smallest absolute Gasteiger partial charge is 0.202 e. The highest BCUT2D eigenvalue weighted by atomic mass is 16.7. The summed E-state index contributed by atoms with van der Waals surface area (Å²) >= 11 is 0. The molecule has 10 heteroatoms. The minimum atomic E-state index is -2.14. The molecule has 0 spiro atoms. The maximum Gasteiger partial charge on any atom is 0.202 e. The van der Waals surface area contributed by atoms with Crippen molar-refractivity contribution in [2.45, 2.75) is 97.1 Å². The van der Waals surface area contributed by atoms with Crippen molar-refractivity contribution >= 4 is 17.3 Å². The topological polar surface area (TPSA) is 160 Å². The Morgan fingerprint density at radius 1 is 0.957 bits per heavy atom. The molecule has 0 aromatic heterocycles. The number of benzene rings is 2. The van der Waals surface area contributed by atoms with E-state index in [4.69, 9.17) is 14.2 Å². The van der Waals surface area contributed by atoms with Crippen molar-refractivity contribution in [1.29, 1.82) is 0 Å². The van der Waals surface area contributed by atoms with E-state index in [1.54, 1.807) is 0 Å². The van der Waals surface area contributed by atoms with Gasteiger partial charge >= 0.3 is 0 Å². The molecule has 1 saturated heterocycles. The lowest BCUT2D eigenvalue weighted by atomic mass is 9.72. The van der Waals surface area contributed by atoms with Crippen LogP contribution in [0, 0.1) is 25.7 Å². The molecular formula is C37H48O10. The van der Waals surface area contributed by atoms with Crippen molar-refractivity contribution in [3.8, 4) is 42.9 Å². The highest BCUT2D eigenvalue weighted by Gasteiger charge is 2.49. The summed E-state index contributed by atoms with van der Waals surface area (Å²) in [7, 11) is 1.35. The fourth-order valence-electron chi connectivity index (χ4n) is 5.40. The number of unbranched alkanes of at least 4 members (excludes halogenated alkanes) is 1. The quantitative estimate of drug-likeness (QED) is 0.200. The molecule has 10 nitrogen and oxygen atoms in total. The summed E-state index contributed by atoms with van der Waals surface area (Å²) in [5, 5.41) is 43.3. The van der Waals surface area contributed by atoms with Crippen molar-refractivity contribution in [3.63, 3.8) is 0 Å². The van der Waals surface area contributed by atoms with Gasteiger partial charge in [0.15, 0.2) is 17.9 Å². The second kappa shape index (κ2) is 19.5. The maximum atomic E-state index is 13.6. The summed E-state index contributed by atoms with van der Waals surface area (Å²) in [6.07, 6.45) is 19.3. The van der Waals surface area contributed by atoms with Crippen LogP contribution in [0.5, 0.6) is 17.2 Å². The first-order chi connectivity index (χ1) is 22.5. The lowest BCUT2D eigenvalue weighted by molar-refractivity contribution is -0.204. The van der Waals surface area contributed by atoms with Gasteiger partial charge < -0.3 is 34.6 Å². The third kappa shape index (κ3) is 8.79. The minimum absolute atomic E-state index is 0.00432. The zero-order valence-corrected chi connectivity index (χ0v) is 28.0. The number of ketones is 3. The van der Waals surface area contributed by atoms with Gasteiger partial charge in [-0.05, 0) is 25.3 Å². The number of aliphatic hydroxyl groups is 2. The van der Waals surface area contributed by atoms with Crippen molar-refractivity contribution in [3.05, 3.63) is 51.6 Å². The van der Waals surface area contributed by atoms with E-state index in [0.717, 1.165) is 12.8 Å². The molecule has 1 heterocycles. The average Bonchev–Trinajstić information content (AvgIpc) is 3.10. The van der Waals surface area contributed by atoms with Crippen molar-refractivity contribution in [1.82, 2.24) is 0 Å². The molecule has 2 aromatic rings. The Morgan fingerprint density at radius 2 is 1.55 bits per heavy atom. The molecule has 0 amide bonds. The lowest BCUT2D eigenvalue weighted by Crippen LogP contribution is -2.48. The van der Waals surface area contributed by atoms with Gasteiger partial charge in [0.1, 0.15) is 29.5 Å². The van der Waals surface area contributed by atoms with Crippen LogP contribution >= 0.6 is 0 Å². The number of hydrogen-bond donors (Lipinski definition) is 4. The standard InChI is InChI=1S/C26H26O10.C4H10.C3H8.2C2H2/c1-34-14-6-4-5-12-18(14)24(31)21-20(22(12)29)23(30)13-9-26(33,16(28)11-27)10-15(19(13)25(21)32)36-17-7-2-3-8-35-17;1-3-4-2;1-3-2;2*1-2/h4-6,15,17,27,30,32-33H,2-3,7-11H2,1H3;3-4H2,1-2H3;3H2,1-2H3;2*1-2H/t15-,17-,26-;;;;/m0..../s1. The fourth-order valence-corrected chi connectivity index (χ4v) is 5.40. The van der Waals surface area contributed by atoms with Gasteiger partial charge in [-0.25, -0.2) is 0 Å². The molecule has 3 aliphatic rings. The Morgan fingerprint density at radius 3 is 2.06 bits per heavy atom.